The summed E-state index contributed by atoms with van der Waals surface area (Å²) in [7, 11) is -3.01. The van der Waals surface area contributed by atoms with Gasteiger partial charge in [-0.05, 0) is 43.9 Å². The first-order valence-corrected chi connectivity index (χ1v) is 9.61. The van der Waals surface area contributed by atoms with Gasteiger partial charge in [-0.15, -0.1) is 0 Å². The van der Waals surface area contributed by atoms with Crippen LogP contribution in [0.5, 0.6) is 0 Å². The first-order valence-electron chi connectivity index (χ1n) is 7.95. The zero-order valence-electron chi connectivity index (χ0n) is 12.7. The summed E-state index contributed by atoms with van der Waals surface area (Å²) >= 11 is 0. The number of hydrogen-bond acceptors (Lipinski definition) is 4. The number of hydrogen-bond donors (Lipinski definition) is 2. The molecule has 1 saturated carbocycles. The van der Waals surface area contributed by atoms with Crippen molar-refractivity contribution in [3.8, 4) is 0 Å². The molecule has 23 heavy (non-hydrogen) atoms. The first kappa shape index (κ1) is 14.7. The lowest BCUT2D eigenvalue weighted by Gasteiger charge is -2.46. The lowest BCUT2D eigenvalue weighted by Crippen LogP contribution is -2.55. The van der Waals surface area contributed by atoms with Gasteiger partial charge in [0.2, 0.25) is 0 Å². The van der Waals surface area contributed by atoms with E-state index >= 15 is 0 Å². The van der Waals surface area contributed by atoms with Gasteiger partial charge in [0.05, 0.1) is 27.9 Å². The minimum Gasteiger partial charge on any atom is -0.349 e. The van der Waals surface area contributed by atoms with Gasteiger partial charge in [0, 0.05) is 11.6 Å². The summed E-state index contributed by atoms with van der Waals surface area (Å²) in [5.74, 6) is 0.0256. The average molecular weight is 333 g/mol. The van der Waals surface area contributed by atoms with E-state index in [9.17, 15) is 13.2 Å². The van der Waals surface area contributed by atoms with Crippen LogP contribution in [0.15, 0.2) is 24.5 Å². The van der Waals surface area contributed by atoms with E-state index in [4.69, 9.17) is 0 Å². The molecule has 1 spiro atoms. The van der Waals surface area contributed by atoms with Crippen LogP contribution in [0.4, 0.5) is 0 Å². The van der Waals surface area contributed by atoms with Gasteiger partial charge in [-0.2, -0.15) is 0 Å². The normalized spacial score (nSPS) is 25.1. The van der Waals surface area contributed by atoms with Gasteiger partial charge in [-0.1, -0.05) is 6.42 Å². The van der Waals surface area contributed by atoms with Crippen LogP contribution >= 0.6 is 0 Å². The van der Waals surface area contributed by atoms with Gasteiger partial charge in [0.25, 0.3) is 5.91 Å². The second-order valence-electron chi connectivity index (χ2n) is 6.65. The Balaban J connectivity index is 1.50. The summed E-state index contributed by atoms with van der Waals surface area (Å²) in [5, 5.41) is 3.02. The molecular weight excluding hydrogens is 314 g/mol. The minimum atomic E-state index is -3.01. The molecule has 1 atom stereocenters. The van der Waals surface area contributed by atoms with Crippen molar-refractivity contribution in [3.63, 3.8) is 0 Å². The molecule has 1 saturated heterocycles. The lowest BCUT2D eigenvalue weighted by molar-refractivity contribution is 0.0924. The molecule has 1 unspecified atom stereocenters. The van der Waals surface area contributed by atoms with Gasteiger partial charge in [0.15, 0.2) is 9.84 Å². The van der Waals surface area contributed by atoms with Gasteiger partial charge in [-0.3, -0.25) is 4.79 Å². The lowest BCUT2D eigenvalue weighted by atomic mass is 9.78. The Bertz CT molecular complexity index is 868. The molecule has 7 heteroatoms. The van der Waals surface area contributed by atoms with Crippen molar-refractivity contribution in [2.24, 2.45) is 0 Å². The Kier molecular flexibility index (Phi) is 3.23. The number of benzene rings is 1. The molecule has 1 aliphatic heterocycles. The average Bonchev–Trinajstić information content (AvgIpc) is 2.94. The van der Waals surface area contributed by atoms with Gasteiger partial charge < -0.3 is 10.3 Å². The topological polar surface area (TPSA) is 91.9 Å². The predicted octanol–water partition coefficient (Wildman–Crippen LogP) is 1.79. The summed E-state index contributed by atoms with van der Waals surface area (Å²) in [4.78, 5) is 19.6. The van der Waals surface area contributed by atoms with Crippen molar-refractivity contribution >= 4 is 26.8 Å². The second kappa shape index (κ2) is 5.06. The molecule has 2 aliphatic rings. The van der Waals surface area contributed by atoms with Crippen molar-refractivity contribution in [1.29, 1.82) is 0 Å². The largest absolute Gasteiger partial charge is 0.349 e. The SMILES string of the molecule is O=C(NC1CCS(=O)(=O)C2(CCC2)C1)c1ccc2nc[nH]c2c1. The molecule has 0 bridgehead atoms. The van der Waals surface area contributed by atoms with Crippen LogP contribution in [-0.2, 0) is 9.84 Å². The molecule has 2 fully saturated rings. The highest BCUT2D eigenvalue weighted by Crippen LogP contribution is 2.46. The van der Waals surface area contributed by atoms with Crippen LogP contribution in [0.1, 0.15) is 42.5 Å². The highest BCUT2D eigenvalue weighted by atomic mass is 32.2. The molecule has 0 radical (unpaired) electrons. The van der Waals surface area contributed by atoms with Crippen molar-refractivity contribution in [2.45, 2.75) is 42.9 Å². The van der Waals surface area contributed by atoms with Crippen LogP contribution in [0.3, 0.4) is 0 Å². The fourth-order valence-corrected chi connectivity index (χ4v) is 6.14. The number of fused-ring (bicyclic) bond motifs is 1. The maximum Gasteiger partial charge on any atom is 0.251 e. The number of aromatic amines is 1. The van der Waals surface area contributed by atoms with Gasteiger partial charge in [-0.25, -0.2) is 13.4 Å². The van der Waals surface area contributed by atoms with Crippen LogP contribution in [0, 0.1) is 0 Å². The summed E-state index contributed by atoms with van der Waals surface area (Å²) < 4.78 is 24.0. The number of nitrogens with one attached hydrogen (secondary N) is 2. The van der Waals surface area contributed by atoms with Crippen LogP contribution in [0.2, 0.25) is 0 Å². The third-order valence-electron chi connectivity index (χ3n) is 5.30. The van der Waals surface area contributed by atoms with Crippen LogP contribution in [-0.4, -0.2) is 40.8 Å². The maximum atomic E-state index is 12.5. The predicted molar refractivity (Wildman–Crippen MR) is 87.0 cm³/mol. The number of carbonyl (C=O) groups excluding carboxylic acids is 1. The fraction of sp³-hybridized carbons (Fsp3) is 0.500. The first-order chi connectivity index (χ1) is 11.0. The zero-order valence-corrected chi connectivity index (χ0v) is 13.5. The highest BCUT2D eigenvalue weighted by Gasteiger charge is 2.52. The Morgan fingerprint density at radius 2 is 2.17 bits per heavy atom. The molecule has 2 N–H and O–H groups in total. The highest BCUT2D eigenvalue weighted by molar-refractivity contribution is 7.92. The number of imidazole rings is 1. The standard InChI is InChI=1S/C16H19N3O3S/c20-15(11-2-3-13-14(8-11)18-10-17-13)19-12-4-7-23(21,22)16(9-12)5-1-6-16/h2-3,8,10,12H,1,4-7,9H2,(H,17,18)(H,19,20). The fourth-order valence-electron chi connectivity index (χ4n) is 3.75. The number of sulfone groups is 1. The molecular formula is C16H19N3O3S. The monoisotopic (exact) mass is 333 g/mol. The Labute approximate surface area is 134 Å². The molecule has 4 rings (SSSR count). The number of aromatic nitrogens is 2. The number of amides is 1. The third-order valence-corrected chi connectivity index (χ3v) is 7.96. The van der Waals surface area contributed by atoms with Crippen molar-refractivity contribution in [1.82, 2.24) is 15.3 Å². The van der Waals surface area contributed by atoms with E-state index < -0.39 is 14.6 Å². The van der Waals surface area contributed by atoms with Crippen molar-refractivity contribution in [3.05, 3.63) is 30.1 Å². The Morgan fingerprint density at radius 3 is 2.91 bits per heavy atom. The molecule has 2 aromatic rings. The van der Waals surface area contributed by atoms with E-state index in [1.807, 2.05) is 0 Å². The third kappa shape index (κ3) is 2.34. The second-order valence-corrected chi connectivity index (χ2v) is 9.16. The summed E-state index contributed by atoms with van der Waals surface area (Å²) in [6, 6.07) is 5.26. The quantitative estimate of drug-likeness (QED) is 0.876. The van der Waals surface area contributed by atoms with E-state index in [1.54, 1.807) is 24.5 Å². The minimum absolute atomic E-state index is 0.0659. The number of rotatable bonds is 2. The summed E-state index contributed by atoms with van der Waals surface area (Å²) in [6.45, 7) is 0. The summed E-state index contributed by atoms with van der Waals surface area (Å²) in [5.41, 5.74) is 2.20. The molecule has 1 aliphatic carbocycles. The van der Waals surface area contributed by atoms with E-state index in [0.29, 0.717) is 18.4 Å². The van der Waals surface area contributed by atoms with Crippen LogP contribution in [0.25, 0.3) is 11.0 Å². The number of carbonyl (C=O) groups is 1. The van der Waals surface area contributed by atoms with Crippen molar-refractivity contribution in [2.75, 3.05) is 5.75 Å². The zero-order chi connectivity index (χ0) is 16.1. The smallest absolute Gasteiger partial charge is 0.251 e. The van der Waals surface area contributed by atoms with E-state index in [-0.39, 0.29) is 17.7 Å². The van der Waals surface area contributed by atoms with E-state index in [0.717, 1.165) is 30.3 Å². The van der Waals surface area contributed by atoms with E-state index in [1.165, 1.54) is 0 Å². The Hall–Kier alpha value is -1.89. The van der Waals surface area contributed by atoms with Gasteiger partial charge in [0.1, 0.15) is 0 Å². The number of nitrogens with zero attached hydrogens (tertiary/aromatic N) is 1. The molecule has 2 heterocycles. The molecule has 122 valence electrons. The van der Waals surface area contributed by atoms with Crippen LogP contribution < -0.4 is 5.32 Å². The number of H-pyrrole nitrogens is 1. The molecule has 1 aromatic heterocycles. The van der Waals surface area contributed by atoms with E-state index in [2.05, 4.69) is 15.3 Å². The summed E-state index contributed by atoms with van der Waals surface area (Å²) in [6.07, 6.45) is 5.09. The molecule has 1 amide bonds. The van der Waals surface area contributed by atoms with Crippen molar-refractivity contribution < 1.29 is 13.2 Å². The molecule has 1 aromatic carbocycles. The Morgan fingerprint density at radius 1 is 1.35 bits per heavy atom. The molecule has 6 nitrogen and oxygen atoms in total. The van der Waals surface area contributed by atoms with Gasteiger partial charge >= 0.3 is 0 Å². The maximum absolute atomic E-state index is 12.5.